The van der Waals surface area contributed by atoms with Crippen LogP contribution in [0.25, 0.3) is 0 Å². The van der Waals surface area contributed by atoms with Gasteiger partial charge in [0.1, 0.15) is 12.3 Å². The van der Waals surface area contributed by atoms with Crippen molar-refractivity contribution in [3.05, 3.63) is 91.7 Å². The molecule has 3 aromatic rings. The number of thiophene rings is 1. The highest BCUT2D eigenvalue weighted by atomic mass is 32.1. The van der Waals surface area contributed by atoms with E-state index in [1.807, 2.05) is 36.1 Å². The number of carbonyl (C=O) groups excluding carboxylic acids is 2. The molecule has 0 spiro atoms. The van der Waals surface area contributed by atoms with Crippen molar-refractivity contribution in [2.45, 2.75) is 25.8 Å². The second kappa shape index (κ2) is 10.7. The number of fused-ring (bicyclic) bond motifs is 1. The van der Waals surface area contributed by atoms with E-state index in [2.05, 4.69) is 11.4 Å². The molecule has 2 heterocycles. The zero-order valence-corrected chi connectivity index (χ0v) is 20.5. The Morgan fingerprint density at radius 3 is 2.49 bits per heavy atom. The fraction of sp³-hybridized carbons (Fsp3) is 0.308. The van der Waals surface area contributed by atoms with Gasteiger partial charge >= 0.3 is 0 Å². The third-order valence-electron chi connectivity index (χ3n) is 6.15. The minimum Gasteiger partial charge on any atom is -0.497 e. The third-order valence-corrected chi connectivity index (χ3v) is 7.15. The van der Waals surface area contributed by atoms with Crippen molar-refractivity contribution in [3.63, 3.8) is 0 Å². The molecule has 0 saturated carbocycles. The van der Waals surface area contributed by atoms with Gasteiger partial charge in [0.15, 0.2) is 0 Å². The van der Waals surface area contributed by atoms with Crippen LogP contribution in [0.5, 0.6) is 5.75 Å². The predicted octanol–water partition coefficient (Wildman–Crippen LogP) is 4.69. The second-order valence-electron chi connectivity index (χ2n) is 8.34. The van der Waals surface area contributed by atoms with Crippen LogP contribution in [0.1, 0.15) is 45.7 Å². The Bertz CT molecular complexity index is 1210. The molecule has 2 aromatic carbocycles. The highest BCUT2D eigenvalue weighted by molar-refractivity contribution is 7.10. The number of nitrogens with zero attached hydrogens (tertiary/aromatic N) is 3. The molecule has 2 amide bonds. The van der Waals surface area contributed by atoms with Gasteiger partial charge in [-0.15, -0.1) is 11.3 Å². The van der Waals surface area contributed by atoms with E-state index < -0.39 is 4.92 Å². The van der Waals surface area contributed by atoms with Crippen molar-refractivity contribution in [3.8, 4) is 5.75 Å². The molecule has 0 radical (unpaired) electrons. The number of ether oxygens (including phenoxy) is 1. The summed E-state index contributed by atoms with van der Waals surface area (Å²) in [6.07, 6.45) is 1.46. The Balaban J connectivity index is 1.58. The van der Waals surface area contributed by atoms with E-state index >= 15 is 0 Å². The van der Waals surface area contributed by atoms with Crippen LogP contribution in [0.15, 0.2) is 60.0 Å². The van der Waals surface area contributed by atoms with E-state index in [9.17, 15) is 19.7 Å². The van der Waals surface area contributed by atoms with E-state index in [1.165, 1.54) is 34.0 Å². The topological polar surface area (TPSA) is 93.0 Å². The first-order valence-electron chi connectivity index (χ1n) is 11.5. The summed E-state index contributed by atoms with van der Waals surface area (Å²) in [5.74, 6) is 0.298. The van der Waals surface area contributed by atoms with Crippen LogP contribution in [0, 0.1) is 10.1 Å². The van der Waals surface area contributed by atoms with E-state index in [-0.39, 0.29) is 30.1 Å². The Hall–Kier alpha value is -3.72. The molecule has 0 aliphatic carbocycles. The molecule has 0 bridgehead atoms. The number of nitro benzene ring substituents is 1. The number of carbonyl (C=O) groups is 2. The number of rotatable bonds is 8. The van der Waals surface area contributed by atoms with Crippen molar-refractivity contribution < 1.29 is 19.2 Å². The zero-order chi connectivity index (χ0) is 24.9. The first kappa shape index (κ1) is 24.4. The molecular formula is C26H27N3O5S. The summed E-state index contributed by atoms with van der Waals surface area (Å²) >= 11 is 1.70. The molecule has 1 aliphatic heterocycles. The molecule has 8 nitrogen and oxygen atoms in total. The van der Waals surface area contributed by atoms with Gasteiger partial charge in [0.25, 0.3) is 11.6 Å². The molecule has 182 valence electrons. The maximum Gasteiger partial charge on any atom is 0.269 e. The highest BCUT2D eigenvalue weighted by Crippen LogP contribution is 2.38. The van der Waals surface area contributed by atoms with Gasteiger partial charge in [-0.25, -0.2) is 0 Å². The standard InChI is InChI=1S/C26H27N3O5S/c1-3-14-27(26(31)19-4-8-20(9-5-19)29(32)33)17-24(30)28-15-12-23-22(13-16-35-23)25(28)18-6-10-21(34-2)11-7-18/h4-11,13,16,25H,3,12,14-15,17H2,1-2H3. The summed E-state index contributed by atoms with van der Waals surface area (Å²) in [5.41, 5.74) is 2.34. The lowest BCUT2D eigenvalue weighted by molar-refractivity contribution is -0.384. The first-order chi connectivity index (χ1) is 16.9. The van der Waals surface area contributed by atoms with Crippen molar-refractivity contribution in [1.82, 2.24) is 9.80 Å². The Labute approximate surface area is 207 Å². The fourth-order valence-electron chi connectivity index (χ4n) is 4.42. The van der Waals surface area contributed by atoms with Gasteiger partial charge in [-0.3, -0.25) is 19.7 Å². The molecule has 1 aliphatic rings. The van der Waals surface area contributed by atoms with Gasteiger partial charge in [-0.1, -0.05) is 19.1 Å². The average Bonchev–Trinajstić information content (AvgIpc) is 3.36. The lowest BCUT2D eigenvalue weighted by Crippen LogP contribution is -2.47. The number of amides is 2. The first-order valence-corrected chi connectivity index (χ1v) is 12.3. The van der Waals surface area contributed by atoms with Crippen LogP contribution in [0.4, 0.5) is 5.69 Å². The number of non-ortho nitro benzene ring substituents is 1. The Morgan fingerprint density at radius 1 is 1.14 bits per heavy atom. The molecule has 1 atom stereocenters. The minimum absolute atomic E-state index is 0.0597. The van der Waals surface area contributed by atoms with E-state index in [0.717, 1.165) is 23.3 Å². The highest BCUT2D eigenvalue weighted by Gasteiger charge is 2.34. The number of benzene rings is 2. The molecule has 1 aromatic heterocycles. The lowest BCUT2D eigenvalue weighted by atomic mass is 9.93. The molecule has 0 N–H and O–H groups in total. The largest absolute Gasteiger partial charge is 0.497 e. The van der Waals surface area contributed by atoms with Crippen LogP contribution >= 0.6 is 11.3 Å². The van der Waals surface area contributed by atoms with E-state index in [1.54, 1.807) is 18.4 Å². The smallest absolute Gasteiger partial charge is 0.269 e. The third kappa shape index (κ3) is 5.19. The Kier molecular flexibility index (Phi) is 7.45. The summed E-state index contributed by atoms with van der Waals surface area (Å²) in [4.78, 5) is 41.9. The maximum atomic E-state index is 13.6. The summed E-state index contributed by atoms with van der Waals surface area (Å²) in [6.45, 7) is 2.86. The van der Waals surface area contributed by atoms with Crippen molar-refractivity contribution in [1.29, 1.82) is 0 Å². The van der Waals surface area contributed by atoms with Gasteiger partial charge in [0, 0.05) is 35.7 Å². The molecule has 1 unspecified atom stereocenters. The van der Waals surface area contributed by atoms with Crippen LogP contribution in [0.3, 0.4) is 0 Å². The van der Waals surface area contributed by atoms with Gasteiger partial charge in [0.2, 0.25) is 5.91 Å². The molecule has 35 heavy (non-hydrogen) atoms. The normalized spacial score (nSPS) is 14.8. The quantitative estimate of drug-likeness (QED) is 0.335. The summed E-state index contributed by atoms with van der Waals surface area (Å²) in [5, 5.41) is 13.0. The summed E-state index contributed by atoms with van der Waals surface area (Å²) < 4.78 is 5.29. The van der Waals surface area contributed by atoms with Crippen molar-refractivity contribution in [2.75, 3.05) is 26.7 Å². The maximum absolute atomic E-state index is 13.6. The lowest BCUT2D eigenvalue weighted by Gasteiger charge is -2.37. The SMILES string of the molecule is CCCN(CC(=O)N1CCc2sccc2C1c1ccc(OC)cc1)C(=O)c1ccc([N+](=O)[O-])cc1. The van der Waals surface area contributed by atoms with Crippen LogP contribution in [-0.4, -0.2) is 53.3 Å². The van der Waals surface area contributed by atoms with E-state index in [4.69, 9.17) is 4.74 Å². The van der Waals surface area contributed by atoms with Crippen LogP contribution in [0.2, 0.25) is 0 Å². The number of methoxy groups -OCH3 is 1. The van der Waals surface area contributed by atoms with Crippen LogP contribution < -0.4 is 4.74 Å². The zero-order valence-electron chi connectivity index (χ0n) is 19.7. The fourth-order valence-corrected chi connectivity index (χ4v) is 5.32. The monoisotopic (exact) mass is 493 g/mol. The van der Waals surface area contributed by atoms with Crippen LogP contribution in [-0.2, 0) is 11.2 Å². The molecule has 0 saturated heterocycles. The van der Waals surface area contributed by atoms with Crippen molar-refractivity contribution in [2.24, 2.45) is 0 Å². The van der Waals surface area contributed by atoms with Gasteiger partial charge in [0.05, 0.1) is 18.1 Å². The predicted molar refractivity (Wildman–Crippen MR) is 134 cm³/mol. The summed E-state index contributed by atoms with van der Waals surface area (Å²) in [7, 11) is 1.62. The number of hydrogen-bond donors (Lipinski definition) is 0. The van der Waals surface area contributed by atoms with Crippen molar-refractivity contribution >= 4 is 28.8 Å². The Morgan fingerprint density at radius 2 is 1.86 bits per heavy atom. The number of hydrogen-bond acceptors (Lipinski definition) is 6. The molecular weight excluding hydrogens is 466 g/mol. The second-order valence-corrected chi connectivity index (χ2v) is 9.34. The molecule has 9 heteroatoms. The molecule has 4 rings (SSSR count). The van der Waals surface area contributed by atoms with Gasteiger partial charge in [-0.2, -0.15) is 0 Å². The van der Waals surface area contributed by atoms with E-state index in [0.29, 0.717) is 25.1 Å². The summed E-state index contributed by atoms with van der Waals surface area (Å²) in [6, 6.07) is 15.0. The van der Waals surface area contributed by atoms with Gasteiger partial charge < -0.3 is 14.5 Å². The average molecular weight is 494 g/mol. The number of nitro groups is 1. The molecule has 0 fully saturated rings. The van der Waals surface area contributed by atoms with Gasteiger partial charge in [-0.05, 0) is 59.7 Å². The minimum atomic E-state index is -0.504.